The lowest BCUT2D eigenvalue weighted by molar-refractivity contribution is -0.153. The summed E-state index contributed by atoms with van der Waals surface area (Å²) in [6.07, 6.45) is 0. The molecule has 0 radical (unpaired) electrons. The van der Waals surface area contributed by atoms with Crippen LogP contribution in [0, 0.1) is 12.3 Å². The highest BCUT2D eigenvalue weighted by Crippen LogP contribution is 2.39. The zero-order valence-corrected chi connectivity index (χ0v) is 26.4. The van der Waals surface area contributed by atoms with Crippen molar-refractivity contribution < 1.29 is 37.1 Å². The van der Waals surface area contributed by atoms with Crippen LogP contribution in [0.1, 0.15) is 35.3 Å². The van der Waals surface area contributed by atoms with Crippen LogP contribution in [0.5, 0.6) is 5.75 Å². The molecule has 15 heteroatoms. The maximum absolute atomic E-state index is 13.6. The Bertz CT molecular complexity index is 1790. The molecule has 242 valence electrons. The molecule has 1 heterocycles. The first-order chi connectivity index (χ1) is 21.7. The predicted octanol–water partition coefficient (Wildman–Crippen LogP) is 1.67. The van der Waals surface area contributed by atoms with Gasteiger partial charge >= 0.3 is 5.97 Å². The highest BCUT2D eigenvalue weighted by molar-refractivity contribution is 7.89. The van der Waals surface area contributed by atoms with E-state index in [4.69, 9.17) is 20.6 Å². The Labute approximate surface area is 265 Å². The number of amidine groups is 1. The number of amides is 3. The van der Waals surface area contributed by atoms with Crippen molar-refractivity contribution in [3.63, 3.8) is 0 Å². The number of carbonyl (C=O) groups is 4. The van der Waals surface area contributed by atoms with Crippen LogP contribution in [0.15, 0.2) is 71.6 Å². The van der Waals surface area contributed by atoms with Gasteiger partial charge in [-0.25, -0.2) is 17.9 Å². The first kappa shape index (κ1) is 33.6. The summed E-state index contributed by atoms with van der Waals surface area (Å²) in [5.74, 6) is -3.24. The number of anilines is 2. The summed E-state index contributed by atoms with van der Waals surface area (Å²) in [5.41, 5.74) is 5.48. The van der Waals surface area contributed by atoms with Crippen LogP contribution in [0.4, 0.5) is 11.4 Å². The number of carbonyl (C=O) groups excluding carboxylic acids is 4. The van der Waals surface area contributed by atoms with Crippen LogP contribution in [-0.4, -0.2) is 69.8 Å². The van der Waals surface area contributed by atoms with Gasteiger partial charge in [0.25, 0.3) is 23.3 Å². The summed E-state index contributed by atoms with van der Waals surface area (Å²) >= 11 is 0. The minimum Gasteiger partial charge on any atom is -0.465 e. The molecule has 3 amide bonds. The Balaban J connectivity index is 1.53. The van der Waals surface area contributed by atoms with Gasteiger partial charge in [0.1, 0.15) is 17.6 Å². The molecule has 3 aromatic carbocycles. The number of rotatable bonds is 11. The quantitative estimate of drug-likeness (QED) is 0.0883. The molecule has 0 bridgehead atoms. The second-order valence-electron chi connectivity index (χ2n) is 10.6. The number of nitrogens with one attached hydrogen (secondary N) is 4. The van der Waals surface area contributed by atoms with E-state index in [9.17, 15) is 27.6 Å². The van der Waals surface area contributed by atoms with Crippen molar-refractivity contribution in [2.24, 2.45) is 5.73 Å². The standard InChI is InChI=1S/C31H34N6O8S/c1-5-44-28(39)23(17-34-46(42,43)22-13-6-18(2)7-14-22)36-29(40)31(3)30(41)37(4)24-15-12-21(16-25(24)45-31)35-27(38)20-10-8-19(9-11-20)26(32)33/h6-16,23,34H,5,17H2,1-4H3,(H3,32,33)(H,35,38)(H,36,40)/t23-,31?/m0/s1. The molecule has 0 saturated carbocycles. The van der Waals surface area contributed by atoms with Crippen LogP contribution < -0.4 is 30.7 Å². The topological polar surface area (TPSA) is 210 Å². The van der Waals surface area contributed by atoms with Gasteiger partial charge in [-0.1, -0.05) is 29.8 Å². The van der Waals surface area contributed by atoms with Gasteiger partial charge in [-0.05, 0) is 57.2 Å². The summed E-state index contributed by atoms with van der Waals surface area (Å²) < 4.78 is 39.0. The van der Waals surface area contributed by atoms with Crippen molar-refractivity contribution in [1.82, 2.24) is 10.0 Å². The number of aryl methyl sites for hydroxylation is 1. The molecule has 0 spiro atoms. The number of nitrogen functional groups attached to an aromatic ring is 1. The average molecular weight is 651 g/mol. The predicted molar refractivity (Wildman–Crippen MR) is 169 cm³/mol. The number of ether oxygens (including phenoxy) is 2. The van der Waals surface area contributed by atoms with Gasteiger partial charge in [-0.3, -0.25) is 19.8 Å². The first-order valence-electron chi connectivity index (χ1n) is 14.1. The van der Waals surface area contributed by atoms with E-state index in [-0.39, 0.29) is 23.1 Å². The Hall–Kier alpha value is -5.28. The van der Waals surface area contributed by atoms with Crippen LogP contribution >= 0.6 is 0 Å². The zero-order valence-electron chi connectivity index (χ0n) is 25.5. The number of fused-ring (bicyclic) bond motifs is 1. The Morgan fingerprint density at radius 2 is 1.67 bits per heavy atom. The lowest BCUT2D eigenvalue weighted by Gasteiger charge is -2.38. The van der Waals surface area contributed by atoms with Gasteiger partial charge in [0, 0.05) is 36.5 Å². The summed E-state index contributed by atoms with van der Waals surface area (Å²) in [6, 6.07) is 15.1. The Kier molecular flexibility index (Phi) is 9.77. The van der Waals surface area contributed by atoms with Crippen LogP contribution in [-0.2, 0) is 29.1 Å². The highest BCUT2D eigenvalue weighted by Gasteiger charge is 2.50. The van der Waals surface area contributed by atoms with E-state index < -0.39 is 51.9 Å². The molecule has 3 aromatic rings. The second kappa shape index (κ2) is 13.4. The lowest BCUT2D eigenvalue weighted by Crippen LogP contribution is -2.64. The fourth-order valence-electron chi connectivity index (χ4n) is 4.52. The maximum Gasteiger partial charge on any atom is 0.330 e. The van der Waals surface area contributed by atoms with E-state index in [2.05, 4.69) is 15.4 Å². The fourth-order valence-corrected chi connectivity index (χ4v) is 5.56. The Morgan fingerprint density at radius 1 is 1.04 bits per heavy atom. The minimum atomic E-state index is -4.06. The average Bonchev–Trinajstić information content (AvgIpc) is 3.02. The number of hydrogen-bond acceptors (Lipinski definition) is 9. The summed E-state index contributed by atoms with van der Waals surface area (Å²) in [6.45, 7) is 3.95. The highest BCUT2D eigenvalue weighted by atomic mass is 32.2. The molecule has 2 atom stereocenters. The van der Waals surface area contributed by atoms with E-state index in [0.29, 0.717) is 22.5 Å². The van der Waals surface area contributed by atoms with Crippen LogP contribution in [0.2, 0.25) is 0 Å². The normalized spacial score (nSPS) is 16.4. The van der Waals surface area contributed by atoms with E-state index in [1.54, 1.807) is 32.0 Å². The van der Waals surface area contributed by atoms with E-state index in [1.807, 2.05) is 0 Å². The van der Waals surface area contributed by atoms with Crippen molar-refractivity contribution in [2.75, 3.05) is 30.4 Å². The van der Waals surface area contributed by atoms with Gasteiger partial charge < -0.3 is 30.7 Å². The Morgan fingerprint density at radius 3 is 2.28 bits per heavy atom. The van der Waals surface area contributed by atoms with E-state index in [0.717, 1.165) is 5.56 Å². The summed E-state index contributed by atoms with van der Waals surface area (Å²) in [4.78, 5) is 53.7. The van der Waals surface area contributed by atoms with Crippen molar-refractivity contribution in [3.8, 4) is 5.75 Å². The molecular weight excluding hydrogens is 616 g/mol. The number of benzene rings is 3. The number of sulfonamides is 1. The molecule has 0 aromatic heterocycles. The minimum absolute atomic E-state index is 0.0426. The van der Waals surface area contributed by atoms with Crippen LogP contribution in [0.3, 0.4) is 0 Å². The van der Waals surface area contributed by atoms with Crippen molar-refractivity contribution in [3.05, 3.63) is 83.4 Å². The van der Waals surface area contributed by atoms with Gasteiger partial charge in [0.05, 0.1) is 17.2 Å². The largest absolute Gasteiger partial charge is 0.465 e. The molecule has 14 nitrogen and oxygen atoms in total. The fraction of sp³-hybridized carbons (Fsp3) is 0.258. The number of nitrogens with two attached hydrogens (primary N) is 1. The monoisotopic (exact) mass is 650 g/mol. The molecule has 1 aliphatic rings. The van der Waals surface area contributed by atoms with Gasteiger partial charge in [-0.15, -0.1) is 0 Å². The van der Waals surface area contributed by atoms with Gasteiger partial charge in [0.15, 0.2) is 0 Å². The molecule has 6 N–H and O–H groups in total. The van der Waals surface area contributed by atoms with E-state index >= 15 is 0 Å². The number of nitrogens with zero attached hydrogens (tertiary/aromatic N) is 1. The zero-order chi connectivity index (χ0) is 33.8. The molecular formula is C31H34N6O8S. The molecule has 4 rings (SSSR count). The smallest absolute Gasteiger partial charge is 0.330 e. The summed E-state index contributed by atoms with van der Waals surface area (Å²) in [5, 5.41) is 12.6. The van der Waals surface area contributed by atoms with E-state index in [1.165, 1.54) is 67.4 Å². The van der Waals surface area contributed by atoms with Crippen molar-refractivity contribution in [2.45, 2.75) is 37.3 Å². The second-order valence-corrected chi connectivity index (χ2v) is 12.3. The molecule has 1 unspecified atom stereocenters. The number of hydrogen-bond donors (Lipinski definition) is 5. The third-order valence-electron chi connectivity index (χ3n) is 7.18. The van der Waals surface area contributed by atoms with Gasteiger partial charge in [-0.2, -0.15) is 0 Å². The number of esters is 1. The molecule has 0 fully saturated rings. The van der Waals surface area contributed by atoms with Crippen molar-refractivity contribution in [1.29, 1.82) is 5.41 Å². The number of likely N-dealkylation sites (N-methyl/N-ethyl adjacent to an activating group) is 1. The first-order valence-corrected chi connectivity index (χ1v) is 15.6. The molecule has 0 aliphatic carbocycles. The molecule has 1 aliphatic heterocycles. The van der Waals surface area contributed by atoms with Crippen LogP contribution in [0.25, 0.3) is 0 Å². The SMILES string of the molecule is CCOC(=O)[C@H](CNS(=O)(=O)c1ccc(C)cc1)NC(=O)C1(C)Oc2cc(NC(=O)c3ccc(C(=N)N)cc3)ccc2N(C)C1=O. The third kappa shape index (κ3) is 7.16. The molecule has 46 heavy (non-hydrogen) atoms. The third-order valence-corrected chi connectivity index (χ3v) is 8.62. The molecule has 0 saturated heterocycles. The maximum atomic E-state index is 13.6. The summed E-state index contributed by atoms with van der Waals surface area (Å²) in [7, 11) is -2.63. The lowest BCUT2D eigenvalue weighted by atomic mass is 9.99. The van der Waals surface area contributed by atoms with Crippen molar-refractivity contribution >= 4 is 50.9 Å². The van der Waals surface area contributed by atoms with Gasteiger partial charge in [0.2, 0.25) is 10.0 Å².